The lowest BCUT2D eigenvalue weighted by Crippen LogP contribution is -2.41. The lowest BCUT2D eigenvalue weighted by Gasteiger charge is -2.37. The minimum absolute atomic E-state index is 0.0265. The van der Waals surface area contributed by atoms with Crippen molar-refractivity contribution in [1.29, 1.82) is 0 Å². The highest BCUT2D eigenvalue weighted by atomic mass is 16.5. The van der Waals surface area contributed by atoms with Gasteiger partial charge in [-0.15, -0.1) is 0 Å². The van der Waals surface area contributed by atoms with E-state index in [1.807, 2.05) is 18.2 Å². The van der Waals surface area contributed by atoms with Gasteiger partial charge in [-0.2, -0.15) is 0 Å². The molecule has 2 unspecified atom stereocenters. The summed E-state index contributed by atoms with van der Waals surface area (Å²) in [6.07, 6.45) is 1.49. The molecule has 0 aromatic heterocycles. The van der Waals surface area contributed by atoms with Crippen LogP contribution in [0.3, 0.4) is 0 Å². The molecule has 1 aliphatic heterocycles. The number of benzene rings is 1. The van der Waals surface area contributed by atoms with Gasteiger partial charge in [0.25, 0.3) is 5.91 Å². The van der Waals surface area contributed by atoms with Crippen molar-refractivity contribution in [1.82, 2.24) is 0 Å². The number of carbonyl (C=O) groups excluding carboxylic acids is 1. The van der Waals surface area contributed by atoms with Gasteiger partial charge in [-0.1, -0.05) is 6.07 Å². The highest BCUT2D eigenvalue weighted by molar-refractivity contribution is 5.97. The molecule has 1 aliphatic carbocycles. The molecule has 5 nitrogen and oxygen atoms in total. The second-order valence-corrected chi connectivity index (χ2v) is 5.52. The summed E-state index contributed by atoms with van der Waals surface area (Å²) in [7, 11) is 0. The molecule has 1 aromatic carbocycles. The lowest BCUT2D eigenvalue weighted by atomic mass is 9.74. The van der Waals surface area contributed by atoms with Crippen molar-refractivity contribution in [3.8, 4) is 5.75 Å². The molecule has 102 valence electrons. The van der Waals surface area contributed by atoms with Crippen LogP contribution in [-0.2, 0) is 4.79 Å². The number of nitrogens with one attached hydrogen (secondary N) is 1. The van der Waals surface area contributed by atoms with Crippen molar-refractivity contribution in [3.05, 3.63) is 23.8 Å². The van der Waals surface area contributed by atoms with Crippen LogP contribution in [-0.4, -0.2) is 18.1 Å². The Morgan fingerprint density at radius 1 is 1.42 bits per heavy atom. The molecule has 1 heterocycles. The predicted octanol–water partition coefficient (Wildman–Crippen LogP) is 1.14. The number of nitrogens with two attached hydrogens (primary N) is 2. The average molecular weight is 261 g/mol. The van der Waals surface area contributed by atoms with E-state index in [0.29, 0.717) is 17.4 Å². The highest BCUT2D eigenvalue weighted by Crippen LogP contribution is 2.38. The highest BCUT2D eigenvalue weighted by Gasteiger charge is 2.32. The maximum absolute atomic E-state index is 11.6. The van der Waals surface area contributed by atoms with Crippen LogP contribution >= 0.6 is 0 Å². The number of anilines is 1. The molecule has 2 aliphatic rings. The average Bonchev–Trinajstić information content (AvgIpc) is 2.35. The minimum atomic E-state index is -0.448. The van der Waals surface area contributed by atoms with E-state index in [2.05, 4.69) is 5.32 Å². The van der Waals surface area contributed by atoms with E-state index in [-0.39, 0.29) is 18.0 Å². The first-order valence-corrected chi connectivity index (χ1v) is 6.67. The van der Waals surface area contributed by atoms with Crippen molar-refractivity contribution in [2.75, 3.05) is 5.32 Å². The van der Waals surface area contributed by atoms with Crippen molar-refractivity contribution < 1.29 is 9.53 Å². The van der Waals surface area contributed by atoms with E-state index in [9.17, 15) is 4.79 Å². The Morgan fingerprint density at radius 3 is 2.84 bits per heavy atom. The minimum Gasteiger partial charge on any atom is -0.479 e. The van der Waals surface area contributed by atoms with Crippen LogP contribution in [0.15, 0.2) is 18.2 Å². The number of fused-ring (bicyclic) bond motifs is 1. The summed E-state index contributed by atoms with van der Waals surface area (Å²) in [5, 5.41) is 2.84. The maximum Gasteiger partial charge on any atom is 0.265 e. The van der Waals surface area contributed by atoms with Gasteiger partial charge in [0.2, 0.25) is 0 Å². The molecule has 1 aromatic rings. The molecular weight excluding hydrogens is 242 g/mol. The summed E-state index contributed by atoms with van der Waals surface area (Å²) in [5.41, 5.74) is 13.8. The van der Waals surface area contributed by atoms with Crippen molar-refractivity contribution >= 4 is 11.6 Å². The summed E-state index contributed by atoms with van der Waals surface area (Å²) >= 11 is 0. The number of hydrogen-bond acceptors (Lipinski definition) is 4. The van der Waals surface area contributed by atoms with Gasteiger partial charge in [-0.3, -0.25) is 4.79 Å². The van der Waals surface area contributed by atoms with Crippen LogP contribution in [0, 0.1) is 5.92 Å². The number of hydrogen-bond donors (Lipinski definition) is 3. The largest absolute Gasteiger partial charge is 0.479 e. The number of carbonyl (C=O) groups is 1. The Morgan fingerprint density at radius 2 is 2.16 bits per heavy atom. The zero-order valence-corrected chi connectivity index (χ0v) is 10.9. The smallest absolute Gasteiger partial charge is 0.265 e. The molecule has 1 fully saturated rings. The van der Waals surface area contributed by atoms with Crippen molar-refractivity contribution in [3.63, 3.8) is 0 Å². The summed E-state index contributed by atoms with van der Waals surface area (Å²) in [6, 6.07) is 6.02. The van der Waals surface area contributed by atoms with Gasteiger partial charge in [0, 0.05) is 12.1 Å². The summed E-state index contributed by atoms with van der Waals surface area (Å²) < 4.78 is 5.52. The zero-order valence-electron chi connectivity index (χ0n) is 10.9. The number of ether oxygens (including phenoxy) is 1. The van der Waals surface area contributed by atoms with Crippen LogP contribution in [0.2, 0.25) is 0 Å². The Labute approximate surface area is 112 Å². The second-order valence-electron chi connectivity index (χ2n) is 5.52. The molecule has 0 radical (unpaired) electrons. The van der Waals surface area contributed by atoms with E-state index in [4.69, 9.17) is 16.2 Å². The summed E-state index contributed by atoms with van der Waals surface area (Å²) in [4.78, 5) is 11.6. The van der Waals surface area contributed by atoms with E-state index in [0.717, 1.165) is 18.4 Å². The molecule has 1 amide bonds. The SMILES string of the molecule is CC1Oc2ccc(C(N)C3CC(N)C3)cc2NC1=O. The van der Waals surface area contributed by atoms with Crippen LogP contribution < -0.4 is 21.5 Å². The van der Waals surface area contributed by atoms with Gasteiger partial charge in [-0.05, 0) is 43.4 Å². The molecule has 3 rings (SSSR count). The Hall–Kier alpha value is -1.59. The quantitative estimate of drug-likeness (QED) is 0.744. The molecule has 1 saturated carbocycles. The van der Waals surface area contributed by atoms with Crippen molar-refractivity contribution in [2.45, 2.75) is 38.0 Å². The van der Waals surface area contributed by atoms with Gasteiger partial charge < -0.3 is 21.5 Å². The van der Waals surface area contributed by atoms with E-state index in [1.54, 1.807) is 6.92 Å². The first-order chi connectivity index (χ1) is 9.04. The van der Waals surface area contributed by atoms with Crippen LogP contribution in [0.4, 0.5) is 5.69 Å². The second kappa shape index (κ2) is 4.51. The molecule has 5 heteroatoms. The normalized spacial score (nSPS) is 30.7. The predicted molar refractivity (Wildman–Crippen MR) is 72.8 cm³/mol. The fraction of sp³-hybridized carbons (Fsp3) is 0.500. The van der Waals surface area contributed by atoms with Crippen LogP contribution in [0.1, 0.15) is 31.4 Å². The van der Waals surface area contributed by atoms with Gasteiger partial charge in [0.15, 0.2) is 6.10 Å². The van der Waals surface area contributed by atoms with Gasteiger partial charge in [0.1, 0.15) is 5.75 Å². The zero-order chi connectivity index (χ0) is 13.6. The van der Waals surface area contributed by atoms with E-state index in [1.165, 1.54) is 0 Å². The maximum atomic E-state index is 11.6. The lowest BCUT2D eigenvalue weighted by molar-refractivity contribution is -0.122. The topological polar surface area (TPSA) is 90.4 Å². The van der Waals surface area contributed by atoms with E-state index >= 15 is 0 Å². The molecule has 0 bridgehead atoms. The van der Waals surface area contributed by atoms with Gasteiger partial charge in [-0.25, -0.2) is 0 Å². The first-order valence-electron chi connectivity index (χ1n) is 6.67. The fourth-order valence-corrected chi connectivity index (χ4v) is 2.71. The Balaban J connectivity index is 1.81. The Kier molecular flexibility index (Phi) is 2.95. The van der Waals surface area contributed by atoms with Gasteiger partial charge in [0.05, 0.1) is 5.69 Å². The third-order valence-electron chi connectivity index (χ3n) is 4.04. The third-order valence-corrected chi connectivity index (χ3v) is 4.04. The van der Waals surface area contributed by atoms with E-state index < -0.39 is 6.10 Å². The van der Waals surface area contributed by atoms with Crippen molar-refractivity contribution in [2.24, 2.45) is 17.4 Å². The molecule has 5 N–H and O–H groups in total. The molecular formula is C14H19N3O2. The standard InChI is InChI=1S/C14H19N3O2/c1-7-14(18)17-11-6-8(2-3-12(11)19-7)13(16)9-4-10(15)5-9/h2-3,6-7,9-10,13H,4-5,15-16H2,1H3,(H,17,18). The Bertz CT molecular complexity index is 511. The fourth-order valence-electron chi connectivity index (χ4n) is 2.71. The molecule has 0 saturated heterocycles. The first kappa shape index (κ1) is 12.4. The van der Waals surface area contributed by atoms with Crippen LogP contribution in [0.25, 0.3) is 0 Å². The number of amides is 1. The van der Waals surface area contributed by atoms with Gasteiger partial charge >= 0.3 is 0 Å². The molecule has 2 atom stereocenters. The summed E-state index contributed by atoms with van der Waals surface area (Å²) in [6.45, 7) is 1.73. The molecule has 19 heavy (non-hydrogen) atoms. The number of rotatable bonds is 2. The summed E-state index contributed by atoms with van der Waals surface area (Å²) in [5.74, 6) is 1.02. The third kappa shape index (κ3) is 2.19. The monoisotopic (exact) mass is 261 g/mol. The molecule has 0 spiro atoms. The van der Waals surface area contributed by atoms with Crippen LogP contribution in [0.5, 0.6) is 5.75 Å².